The van der Waals surface area contributed by atoms with Crippen LogP contribution in [0.2, 0.25) is 0 Å². The van der Waals surface area contributed by atoms with Crippen LogP contribution >= 0.6 is 0 Å². The van der Waals surface area contributed by atoms with Crippen LogP contribution in [0.1, 0.15) is 74.3 Å². The molecule has 0 heterocycles. The smallest absolute Gasteiger partial charge is 0.0133 e. The molecule has 0 bridgehead atoms. The molecule has 1 aromatic rings. The van der Waals surface area contributed by atoms with Crippen LogP contribution < -0.4 is 5.32 Å². The van der Waals surface area contributed by atoms with Gasteiger partial charge in [-0.05, 0) is 55.7 Å². The Hall–Kier alpha value is -0.820. The molecule has 0 spiro atoms. The van der Waals surface area contributed by atoms with Crippen LogP contribution in [0.25, 0.3) is 0 Å². The Morgan fingerprint density at radius 1 is 0.895 bits per heavy atom. The first-order valence-electron chi connectivity index (χ1n) is 8.15. The SMILES string of the molecule is CNC1CCCCCC1c1cccc(C2CCC2)c1. The fourth-order valence-corrected chi connectivity index (χ4v) is 3.84. The minimum atomic E-state index is 0.680. The van der Waals surface area contributed by atoms with Crippen molar-refractivity contribution in [3.05, 3.63) is 35.4 Å². The van der Waals surface area contributed by atoms with Crippen LogP contribution in [-0.4, -0.2) is 13.1 Å². The second kappa shape index (κ2) is 6.09. The minimum absolute atomic E-state index is 0.680. The molecule has 1 aromatic carbocycles. The van der Waals surface area contributed by atoms with E-state index in [4.69, 9.17) is 0 Å². The lowest BCUT2D eigenvalue weighted by Gasteiger charge is -2.29. The Morgan fingerprint density at radius 2 is 1.68 bits per heavy atom. The van der Waals surface area contributed by atoms with E-state index in [1.807, 2.05) is 0 Å². The maximum absolute atomic E-state index is 3.57. The molecule has 0 aromatic heterocycles. The summed E-state index contributed by atoms with van der Waals surface area (Å²) in [7, 11) is 2.14. The van der Waals surface area contributed by atoms with E-state index in [0.29, 0.717) is 6.04 Å². The lowest BCUT2D eigenvalue weighted by Crippen LogP contribution is -2.31. The summed E-state index contributed by atoms with van der Waals surface area (Å²) >= 11 is 0. The molecule has 0 amide bonds. The summed E-state index contributed by atoms with van der Waals surface area (Å²) in [6.45, 7) is 0. The van der Waals surface area contributed by atoms with E-state index in [1.165, 1.54) is 51.4 Å². The average molecular weight is 257 g/mol. The third-order valence-corrected chi connectivity index (χ3v) is 5.30. The highest BCUT2D eigenvalue weighted by molar-refractivity contribution is 5.31. The molecule has 2 unspecified atom stereocenters. The van der Waals surface area contributed by atoms with Crippen molar-refractivity contribution >= 4 is 0 Å². The zero-order valence-corrected chi connectivity index (χ0v) is 12.2. The van der Waals surface area contributed by atoms with Gasteiger partial charge in [0.05, 0.1) is 0 Å². The molecule has 0 radical (unpaired) electrons. The van der Waals surface area contributed by atoms with Gasteiger partial charge < -0.3 is 5.32 Å². The molecule has 0 saturated heterocycles. The van der Waals surface area contributed by atoms with Crippen molar-refractivity contribution in [3.8, 4) is 0 Å². The Kier molecular flexibility index (Phi) is 4.22. The third-order valence-electron chi connectivity index (χ3n) is 5.30. The molecule has 2 aliphatic carbocycles. The van der Waals surface area contributed by atoms with E-state index >= 15 is 0 Å². The number of hydrogen-bond acceptors (Lipinski definition) is 1. The highest BCUT2D eigenvalue weighted by Crippen LogP contribution is 2.38. The second-order valence-electron chi connectivity index (χ2n) is 6.44. The molecule has 1 heteroatoms. The Morgan fingerprint density at radius 3 is 2.42 bits per heavy atom. The number of rotatable bonds is 3. The molecule has 1 nitrogen and oxygen atoms in total. The maximum atomic E-state index is 3.57. The van der Waals surface area contributed by atoms with Gasteiger partial charge in [0, 0.05) is 6.04 Å². The van der Waals surface area contributed by atoms with Crippen molar-refractivity contribution in [2.75, 3.05) is 7.05 Å². The average Bonchev–Trinajstić information content (AvgIpc) is 2.62. The second-order valence-corrected chi connectivity index (χ2v) is 6.44. The summed E-state index contributed by atoms with van der Waals surface area (Å²) in [5.41, 5.74) is 3.19. The summed E-state index contributed by atoms with van der Waals surface area (Å²) in [6, 6.07) is 10.2. The highest BCUT2D eigenvalue weighted by Gasteiger charge is 2.25. The van der Waals surface area contributed by atoms with Gasteiger partial charge in [0.25, 0.3) is 0 Å². The van der Waals surface area contributed by atoms with Crippen LogP contribution in [0.15, 0.2) is 24.3 Å². The van der Waals surface area contributed by atoms with E-state index in [9.17, 15) is 0 Å². The van der Waals surface area contributed by atoms with Gasteiger partial charge in [0.1, 0.15) is 0 Å². The maximum Gasteiger partial charge on any atom is 0.0133 e. The molecule has 0 aliphatic heterocycles. The van der Waals surface area contributed by atoms with Crippen LogP contribution in [0.3, 0.4) is 0 Å². The third kappa shape index (κ3) is 2.86. The molecule has 2 fully saturated rings. The van der Waals surface area contributed by atoms with Crippen molar-refractivity contribution in [2.24, 2.45) is 0 Å². The van der Waals surface area contributed by atoms with Gasteiger partial charge in [-0.3, -0.25) is 0 Å². The summed E-state index contributed by atoms with van der Waals surface area (Å²) in [5.74, 6) is 1.59. The molecule has 2 saturated carbocycles. The van der Waals surface area contributed by atoms with Gasteiger partial charge in [-0.1, -0.05) is 49.9 Å². The van der Waals surface area contributed by atoms with Crippen LogP contribution in [0.5, 0.6) is 0 Å². The van der Waals surface area contributed by atoms with Gasteiger partial charge in [0.2, 0.25) is 0 Å². The van der Waals surface area contributed by atoms with E-state index in [0.717, 1.165) is 11.8 Å². The van der Waals surface area contributed by atoms with Crippen molar-refractivity contribution in [1.82, 2.24) is 5.32 Å². The van der Waals surface area contributed by atoms with Crippen LogP contribution in [0.4, 0.5) is 0 Å². The molecular weight excluding hydrogens is 230 g/mol. The summed E-state index contributed by atoms with van der Waals surface area (Å²) < 4.78 is 0. The van der Waals surface area contributed by atoms with Crippen LogP contribution in [-0.2, 0) is 0 Å². The van der Waals surface area contributed by atoms with Gasteiger partial charge in [-0.25, -0.2) is 0 Å². The zero-order chi connectivity index (χ0) is 13.1. The van der Waals surface area contributed by atoms with Crippen molar-refractivity contribution in [1.29, 1.82) is 0 Å². The highest BCUT2D eigenvalue weighted by atomic mass is 14.9. The summed E-state index contributed by atoms with van der Waals surface area (Å²) in [5, 5.41) is 3.57. The first-order chi connectivity index (χ1) is 9.38. The quantitative estimate of drug-likeness (QED) is 0.781. The standard InChI is InChI=1S/C18H27N/c1-19-18-12-4-2-3-11-17(18)16-10-6-9-15(13-16)14-7-5-8-14/h6,9-10,13-14,17-19H,2-5,7-8,11-12H2,1H3. The summed E-state index contributed by atoms with van der Waals surface area (Å²) in [4.78, 5) is 0. The number of hydrogen-bond donors (Lipinski definition) is 1. The Balaban J connectivity index is 1.82. The lowest BCUT2D eigenvalue weighted by molar-refractivity contribution is 0.416. The molecule has 19 heavy (non-hydrogen) atoms. The summed E-state index contributed by atoms with van der Waals surface area (Å²) in [6.07, 6.45) is 11.1. The number of nitrogens with one attached hydrogen (secondary N) is 1. The van der Waals surface area contributed by atoms with Crippen molar-refractivity contribution in [3.63, 3.8) is 0 Å². The lowest BCUT2D eigenvalue weighted by atomic mass is 9.78. The monoisotopic (exact) mass is 257 g/mol. The van der Waals surface area contributed by atoms with E-state index < -0.39 is 0 Å². The molecule has 104 valence electrons. The zero-order valence-electron chi connectivity index (χ0n) is 12.2. The largest absolute Gasteiger partial charge is 0.316 e. The number of likely N-dealkylation sites (N-methyl/N-ethyl adjacent to an activating group) is 1. The van der Waals surface area contributed by atoms with E-state index in [-0.39, 0.29) is 0 Å². The number of benzene rings is 1. The molecular formula is C18H27N. The minimum Gasteiger partial charge on any atom is -0.316 e. The molecule has 2 atom stereocenters. The normalized spacial score (nSPS) is 28.7. The van der Waals surface area contributed by atoms with Crippen LogP contribution in [0, 0.1) is 0 Å². The molecule has 1 N–H and O–H groups in total. The van der Waals surface area contributed by atoms with Gasteiger partial charge in [0.15, 0.2) is 0 Å². The molecule has 2 aliphatic rings. The Bertz CT molecular complexity index is 408. The van der Waals surface area contributed by atoms with Gasteiger partial charge >= 0.3 is 0 Å². The van der Waals surface area contributed by atoms with Gasteiger partial charge in [-0.2, -0.15) is 0 Å². The van der Waals surface area contributed by atoms with Crippen molar-refractivity contribution < 1.29 is 0 Å². The van der Waals surface area contributed by atoms with E-state index in [2.05, 4.69) is 36.6 Å². The first-order valence-corrected chi connectivity index (χ1v) is 8.15. The Labute approximate surface area is 117 Å². The predicted octanol–water partition coefficient (Wildman–Crippen LogP) is 4.59. The topological polar surface area (TPSA) is 12.0 Å². The molecule has 3 rings (SSSR count). The fraction of sp³-hybridized carbons (Fsp3) is 0.667. The predicted molar refractivity (Wildman–Crippen MR) is 81.7 cm³/mol. The first kappa shape index (κ1) is 13.2. The van der Waals surface area contributed by atoms with Gasteiger partial charge in [-0.15, -0.1) is 0 Å². The van der Waals surface area contributed by atoms with E-state index in [1.54, 1.807) is 11.1 Å². The van der Waals surface area contributed by atoms with Crippen molar-refractivity contribution in [2.45, 2.75) is 69.2 Å². The fourth-order valence-electron chi connectivity index (χ4n) is 3.84.